The van der Waals surface area contributed by atoms with Crippen molar-refractivity contribution in [2.75, 3.05) is 25.1 Å². The number of halogens is 1. The molecular formula is C11H20BrNO. The van der Waals surface area contributed by atoms with Gasteiger partial charge in [-0.25, -0.2) is 0 Å². The molecule has 1 heterocycles. The van der Waals surface area contributed by atoms with Crippen molar-refractivity contribution >= 4 is 15.9 Å². The van der Waals surface area contributed by atoms with E-state index in [4.69, 9.17) is 4.74 Å². The third kappa shape index (κ3) is 2.50. The van der Waals surface area contributed by atoms with Gasteiger partial charge in [0.25, 0.3) is 0 Å². The first-order chi connectivity index (χ1) is 6.92. The summed E-state index contributed by atoms with van der Waals surface area (Å²) in [6.45, 7) is 3.20. The molecule has 3 heteroatoms. The number of rotatable bonds is 5. The van der Waals surface area contributed by atoms with Gasteiger partial charge < -0.3 is 4.74 Å². The molecule has 0 aromatic carbocycles. The molecular weight excluding hydrogens is 242 g/mol. The summed E-state index contributed by atoms with van der Waals surface area (Å²) in [5, 5.41) is 1.13. The maximum atomic E-state index is 5.48. The second-order valence-corrected chi connectivity index (χ2v) is 5.18. The molecule has 2 fully saturated rings. The summed E-state index contributed by atoms with van der Waals surface area (Å²) in [5.41, 5.74) is 0. The highest BCUT2D eigenvalue weighted by Gasteiger charge is 2.31. The molecule has 0 bridgehead atoms. The van der Waals surface area contributed by atoms with Crippen molar-refractivity contribution in [1.29, 1.82) is 0 Å². The molecule has 82 valence electrons. The average molecular weight is 262 g/mol. The van der Waals surface area contributed by atoms with E-state index in [0.29, 0.717) is 0 Å². The standard InChI is InChI=1S/C11H20BrNO/c12-6-2-7-13(10-3-1-4-10)11-5-8-14-9-11/h10-11H,1-9H2. The predicted octanol–water partition coefficient (Wildman–Crippen LogP) is 2.41. The number of nitrogens with zero attached hydrogens (tertiary/aromatic N) is 1. The quantitative estimate of drug-likeness (QED) is 0.705. The van der Waals surface area contributed by atoms with Crippen LogP contribution in [0, 0.1) is 0 Å². The van der Waals surface area contributed by atoms with Crippen LogP contribution in [-0.2, 0) is 4.74 Å². The van der Waals surface area contributed by atoms with E-state index in [9.17, 15) is 0 Å². The molecule has 2 nitrogen and oxygen atoms in total. The summed E-state index contributed by atoms with van der Waals surface area (Å²) in [6.07, 6.45) is 6.78. The van der Waals surface area contributed by atoms with Gasteiger partial charge in [0.05, 0.1) is 6.61 Å². The molecule has 0 spiro atoms. The monoisotopic (exact) mass is 261 g/mol. The molecule has 1 atom stereocenters. The molecule has 0 N–H and O–H groups in total. The van der Waals surface area contributed by atoms with Crippen molar-refractivity contribution in [2.45, 2.75) is 44.2 Å². The third-order valence-electron chi connectivity index (χ3n) is 3.47. The molecule has 0 aromatic rings. The lowest BCUT2D eigenvalue weighted by Crippen LogP contribution is -2.47. The molecule has 1 aliphatic heterocycles. The molecule has 0 radical (unpaired) electrons. The fraction of sp³-hybridized carbons (Fsp3) is 1.00. The molecule has 0 aromatic heterocycles. The first-order valence-electron chi connectivity index (χ1n) is 5.81. The lowest BCUT2D eigenvalue weighted by Gasteiger charge is -2.40. The zero-order chi connectivity index (χ0) is 9.80. The highest BCUT2D eigenvalue weighted by molar-refractivity contribution is 9.09. The number of alkyl halides is 1. The van der Waals surface area contributed by atoms with Crippen LogP contribution in [0.2, 0.25) is 0 Å². The second-order valence-electron chi connectivity index (χ2n) is 4.38. The average Bonchev–Trinajstić information content (AvgIpc) is 2.61. The van der Waals surface area contributed by atoms with Crippen molar-refractivity contribution in [2.24, 2.45) is 0 Å². The molecule has 1 saturated carbocycles. The SMILES string of the molecule is BrCCCN(C1CCC1)C1CCOC1. The van der Waals surface area contributed by atoms with E-state index >= 15 is 0 Å². The normalized spacial score (nSPS) is 28.3. The fourth-order valence-corrected chi connectivity index (χ4v) is 2.66. The van der Waals surface area contributed by atoms with Crippen molar-refractivity contribution in [3.05, 3.63) is 0 Å². The van der Waals surface area contributed by atoms with Crippen molar-refractivity contribution in [3.63, 3.8) is 0 Å². The van der Waals surface area contributed by atoms with Gasteiger partial charge in [-0.2, -0.15) is 0 Å². The fourth-order valence-electron chi connectivity index (χ4n) is 2.41. The van der Waals surface area contributed by atoms with E-state index in [1.807, 2.05) is 0 Å². The molecule has 1 unspecified atom stereocenters. The van der Waals surface area contributed by atoms with E-state index < -0.39 is 0 Å². The van der Waals surface area contributed by atoms with Crippen LogP contribution in [0.15, 0.2) is 0 Å². The van der Waals surface area contributed by atoms with Gasteiger partial charge in [-0.3, -0.25) is 4.90 Å². The Bertz CT molecular complexity index is 167. The summed E-state index contributed by atoms with van der Waals surface area (Å²) in [4.78, 5) is 2.71. The zero-order valence-corrected chi connectivity index (χ0v) is 10.3. The molecule has 2 aliphatic rings. The molecule has 1 aliphatic carbocycles. The second kappa shape index (κ2) is 5.47. The van der Waals surface area contributed by atoms with Crippen LogP contribution in [-0.4, -0.2) is 42.1 Å². The smallest absolute Gasteiger partial charge is 0.0622 e. The minimum Gasteiger partial charge on any atom is -0.380 e. The van der Waals surface area contributed by atoms with Crippen LogP contribution in [0.3, 0.4) is 0 Å². The summed E-state index contributed by atoms with van der Waals surface area (Å²) in [6, 6.07) is 1.60. The summed E-state index contributed by atoms with van der Waals surface area (Å²) in [5.74, 6) is 0. The van der Waals surface area contributed by atoms with Gasteiger partial charge >= 0.3 is 0 Å². The predicted molar refractivity (Wildman–Crippen MR) is 62.0 cm³/mol. The van der Waals surface area contributed by atoms with Crippen molar-refractivity contribution < 1.29 is 4.74 Å². The minimum absolute atomic E-state index is 0.722. The molecule has 0 amide bonds. The van der Waals surface area contributed by atoms with Crippen molar-refractivity contribution in [1.82, 2.24) is 4.90 Å². The van der Waals surface area contributed by atoms with E-state index in [1.54, 1.807) is 0 Å². The van der Waals surface area contributed by atoms with Crippen LogP contribution in [0.25, 0.3) is 0 Å². The van der Waals surface area contributed by atoms with Crippen LogP contribution >= 0.6 is 15.9 Å². The Balaban J connectivity index is 1.83. The van der Waals surface area contributed by atoms with E-state index in [1.165, 1.54) is 38.6 Å². The summed E-state index contributed by atoms with van der Waals surface area (Å²) < 4.78 is 5.48. The maximum absolute atomic E-state index is 5.48. The highest BCUT2D eigenvalue weighted by atomic mass is 79.9. The Morgan fingerprint density at radius 2 is 2.07 bits per heavy atom. The zero-order valence-electron chi connectivity index (χ0n) is 8.75. The van der Waals surface area contributed by atoms with Crippen molar-refractivity contribution in [3.8, 4) is 0 Å². The van der Waals surface area contributed by atoms with Gasteiger partial charge in [0.2, 0.25) is 0 Å². The van der Waals surface area contributed by atoms with Crippen LogP contribution in [0.4, 0.5) is 0 Å². The minimum atomic E-state index is 0.722. The number of hydrogen-bond donors (Lipinski definition) is 0. The van der Waals surface area contributed by atoms with E-state index in [2.05, 4.69) is 20.8 Å². The van der Waals surface area contributed by atoms with Crippen LogP contribution in [0.5, 0.6) is 0 Å². The summed E-state index contributed by atoms with van der Waals surface area (Å²) >= 11 is 3.52. The van der Waals surface area contributed by atoms with Gasteiger partial charge in [0.15, 0.2) is 0 Å². The van der Waals surface area contributed by atoms with Crippen LogP contribution < -0.4 is 0 Å². The van der Waals surface area contributed by atoms with Gasteiger partial charge in [0.1, 0.15) is 0 Å². The maximum Gasteiger partial charge on any atom is 0.0622 e. The van der Waals surface area contributed by atoms with E-state index in [0.717, 1.165) is 30.6 Å². The number of hydrogen-bond acceptors (Lipinski definition) is 2. The number of ether oxygens (including phenoxy) is 1. The Morgan fingerprint density at radius 1 is 1.21 bits per heavy atom. The Kier molecular flexibility index (Phi) is 4.26. The van der Waals surface area contributed by atoms with E-state index in [-0.39, 0.29) is 0 Å². The van der Waals surface area contributed by atoms with Gasteiger partial charge in [-0.15, -0.1) is 0 Å². The first kappa shape index (κ1) is 10.9. The third-order valence-corrected chi connectivity index (χ3v) is 4.03. The first-order valence-corrected chi connectivity index (χ1v) is 6.93. The van der Waals surface area contributed by atoms with Gasteiger partial charge in [0, 0.05) is 24.0 Å². The lowest BCUT2D eigenvalue weighted by atomic mass is 9.90. The molecule has 2 rings (SSSR count). The Morgan fingerprint density at radius 3 is 2.57 bits per heavy atom. The van der Waals surface area contributed by atoms with Gasteiger partial charge in [-0.05, 0) is 32.2 Å². The largest absolute Gasteiger partial charge is 0.380 e. The lowest BCUT2D eigenvalue weighted by molar-refractivity contribution is 0.0686. The Labute approximate surface area is 95.1 Å². The summed E-state index contributed by atoms with van der Waals surface area (Å²) in [7, 11) is 0. The highest BCUT2D eigenvalue weighted by Crippen LogP contribution is 2.28. The van der Waals surface area contributed by atoms with Crippen LogP contribution in [0.1, 0.15) is 32.1 Å². The molecule has 14 heavy (non-hydrogen) atoms. The molecule has 1 saturated heterocycles. The topological polar surface area (TPSA) is 12.5 Å². The van der Waals surface area contributed by atoms with Gasteiger partial charge in [-0.1, -0.05) is 22.4 Å². The Hall–Kier alpha value is 0.400.